The SMILES string of the molecule is COc1c(CSC2CCCCCC[C@@H]2SCc2c(C)c(C(C)(C)C)cc(C3CCCCC3)c2O)cc(C(C)(C)C)cc1C1CCCCC1. The zero-order chi connectivity index (χ0) is 34.5. The van der Waals surface area contributed by atoms with E-state index in [1.54, 1.807) is 0 Å². The molecule has 3 saturated carbocycles. The molecule has 2 atom stereocenters. The van der Waals surface area contributed by atoms with Crippen LogP contribution in [0.25, 0.3) is 0 Å². The molecule has 0 spiro atoms. The van der Waals surface area contributed by atoms with E-state index < -0.39 is 0 Å². The number of phenols is 1. The summed E-state index contributed by atoms with van der Waals surface area (Å²) in [6.45, 7) is 16.4. The lowest BCUT2D eigenvalue weighted by molar-refractivity contribution is 0.383. The summed E-state index contributed by atoms with van der Waals surface area (Å²) >= 11 is 4.35. The van der Waals surface area contributed by atoms with Crippen LogP contribution in [-0.4, -0.2) is 22.7 Å². The summed E-state index contributed by atoms with van der Waals surface area (Å²) in [4.78, 5) is 0. The fraction of sp³-hybridized carbons (Fsp3) is 0.727. The Kier molecular flexibility index (Phi) is 13.3. The maximum Gasteiger partial charge on any atom is 0.126 e. The topological polar surface area (TPSA) is 29.5 Å². The van der Waals surface area contributed by atoms with Gasteiger partial charge in [-0.2, -0.15) is 23.5 Å². The molecule has 1 N–H and O–H groups in total. The van der Waals surface area contributed by atoms with Gasteiger partial charge in [-0.1, -0.05) is 124 Å². The Hall–Kier alpha value is -1.26. The summed E-state index contributed by atoms with van der Waals surface area (Å²) in [6, 6.07) is 7.37. The highest BCUT2D eigenvalue weighted by molar-refractivity contribution is 8.03. The Morgan fingerprint density at radius 2 is 1.15 bits per heavy atom. The van der Waals surface area contributed by atoms with Crippen molar-refractivity contribution in [1.82, 2.24) is 0 Å². The number of methoxy groups -OCH3 is 1. The molecule has 0 amide bonds. The van der Waals surface area contributed by atoms with E-state index >= 15 is 0 Å². The molecule has 0 saturated heterocycles. The number of aromatic hydroxyl groups is 1. The average Bonchev–Trinajstić information content (AvgIpc) is 3.04. The number of hydrogen-bond acceptors (Lipinski definition) is 4. The Balaban J connectivity index is 1.41. The molecule has 268 valence electrons. The monoisotopic (exact) mass is 692 g/mol. The van der Waals surface area contributed by atoms with Crippen LogP contribution in [-0.2, 0) is 22.3 Å². The van der Waals surface area contributed by atoms with Gasteiger partial charge in [0.2, 0.25) is 0 Å². The smallest absolute Gasteiger partial charge is 0.126 e. The minimum absolute atomic E-state index is 0.0658. The third-order valence-electron chi connectivity index (χ3n) is 11.9. The van der Waals surface area contributed by atoms with Gasteiger partial charge >= 0.3 is 0 Å². The molecule has 5 rings (SSSR count). The summed E-state index contributed by atoms with van der Waals surface area (Å²) in [5.41, 5.74) is 9.73. The van der Waals surface area contributed by atoms with Gasteiger partial charge in [0.1, 0.15) is 11.5 Å². The van der Waals surface area contributed by atoms with Crippen molar-refractivity contribution in [2.45, 2.75) is 196 Å². The largest absolute Gasteiger partial charge is 0.507 e. The quantitative estimate of drug-likeness (QED) is 0.283. The fourth-order valence-electron chi connectivity index (χ4n) is 8.93. The van der Waals surface area contributed by atoms with E-state index in [1.165, 1.54) is 147 Å². The van der Waals surface area contributed by atoms with E-state index in [2.05, 4.69) is 90.2 Å². The second-order valence-corrected chi connectivity index (χ2v) is 20.0. The second kappa shape index (κ2) is 16.8. The number of ether oxygens (including phenoxy) is 1. The molecule has 2 aromatic rings. The van der Waals surface area contributed by atoms with Gasteiger partial charge in [-0.3, -0.25) is 0 Å². The molecule has 3 aliphatic rings. The van der Waals surface area contributed by atoms with Gasteiger partial charge in [-0.15, -0.1) is 0 Å². The van der Waals surface area contributed by atoms with Gasteiger partial charge < -0.3 is 9.84 Å². The Morgan fingerprint density at radius 3 is 1.67 bits per heavy atom. The van der Waals surface area contributed by atoms with E-state index in [9.17, 15) is 5.11 Å². The lowest BCUT2D eigenvalue weighted by atomic mass is 9.77. The maximum absolute atomic E-state index is 11.9. The molecule has 0 heterocycles. The highest BCUT2D eigenvalue weighted by atomic mass is 32.2. The van der Waals surface area contributed by atoms with Gasteiger partial charge in [0.15, 0.2) is 0 Å². The molecule has 0 aliphatic heterocycles. The summed E-state index contributed by atoms with van der Waals surface area (Å²) in [7, 11) is 1.91. The summed E-state index contributed by atoms with van der Waals surface area (Å²) < 4.78 is 6.29. The lowest BCUT2D eigenvalue weighted by Crippen LogP contribution is -2.23. The molecule has 3 aliphatic carbocycles. The van der Waals surface area contributed by atoms with Crippen molar-refractivity contribution in [3.8, 4) is 11.5 Å². The number of hydrogen-bond donors (Lipinski definition) is 1. The van der Waals surface area contributed by atoms with Crippen molar-refractivity contribution in [3.63, 3.8) is 0 Å². The second-order valence-electron chi connectivity index (χ2n) is 17.6. The van der Waals surface area contributed by atoms with Crippen LogP contribution in [0.2, 0.25) is 0 Å². The maximum atomic E-state index is 11.9. The summed E-state index contributed by atoms with van der Waals surface area (Å²) in [5.74, 6) is 4.86. The van der Waals surface area contributed by atoms with Crippen molar-refractivity contribution in [3.05, 3.63) is 57.1 Å². The van der Waals surface area contributed by atoms with Crippen molar-refractivity contribution < 1.29 is 9.84 Å². The van der Waals surface area contributed by atoms with Crippen LogP contribution < -0.4 is 4.74 Å². The summed E-state index contributed by atoms with van der Waals surface area (Å²) in [5, 5.41) is 13.1. The minimum atomic E-state index is 0.0658. The molecular formula is C44H68O2S2. The molecular weight excluding hydrogens is 625 g/mol. The highest BCUT2D eigenvalue weighted by Gasteiger charge is 2.31. The highest BCUT2D eigenvalue weighted by Crippen LogP contribution is 2.47. The number of phenolic OH excluding ortho intramolecular Hbond substituents is 1. The van der Waals surface area contributed by atoms with Crippen molar-refractivity contribution in [2.24, 2.45) is 0 Å². The van der Waals surface area contributed by atoms with Gasteiger partial charge in [0, 0.05) is 33.1 Å². The zero-order valence-corrected chi connectivity index (χ0v) is 33.6. The molecule has 2 aromatic carbocycles. The zero-order valence-electron chi connectivity index (χ0n) is 31.9. The molecule has 2 nitrogen and oxygen atoms in total. The molecule has 48 heavy (non-hydrogen) atoms. The number of rotatable bonds is 9. The molecule has 0 radical (unpaired) electrons. The first-order chi connectivity index (χ1) is 22.9. The predicted molar refractivity (Wildman–Crippen MR) is 213 cm³/mol. The minimum Gasteiger partial charge on any atom is -0.507 e. The average molecular weight is 693 g/mol. The molecule has 0 aromatic heterocycles. The fourth-order valence-corrected chi connectivity index (χ4v) is 12.1. The van der Waals surface area contributed by atoms with Gasteiger partial charge in [0.05, 0.1) is 7.11 Å². The van der Waals surface area contributed by atoms with Crippen molar-refractivity contribution in [2.75, 3.05) is 7.11 Å². The summed E-state index contributed by atoms with van der Waals surface area (Å²) in [6.07, 6.45) is 21.0. The third-order valence-corrected chi connectivity index (χ3v) is 15.0. The lowest BCUT2D eigenvalue weighted by Gasteiger charge is -2.32. The van der Waals surface area contributed by atoms with Crippen LogP contribution in [0.1, 0.15) is 195 Å². The van der Waals surface area contributed by atoms with Crippen LogP contribution >= 0.6 is 23.5 Å². The van der Waals surface area contributed by atoms with Crippen LogP contribution in [0.4, 0.5) is 0 Å². The van der Waals surface area contributed by atoms with Gasteiger partial charge in [-0.25, -0.2) is 0 Å². The van der Waals surface area contributed by atoms with Crippen LogP contribution in [0.5, 0.6) is 11.5 Å². The standard InChI is InChI=1S/C44H68O2S2/c1-30-37(41(45)35(27-38(30)44(5,6)7)31-19-13-11-14-20-31)29-48-40-24-18-10-9-17-23-39(40)47-28-33-25-34(43(2,3)4)26-36(42(33)46-8)32-21-15-12-16-22-32/h25-27,31-32,39-40,45H,9-24,28-29H2,1-8H3/t39?,40-/m0/s1. The Labute approximate surface area is 303 Å². The Morgan fingerprint density at radius 1 is 0.646 bits per heavy atom. The predicted octanol–water partition coefficient (Wildman–Crippen LogP) is 13.7. The third kappa shape index (κ3) is 9.34. The normalized spacial score (nSPS) is 22.3. The van der Waals surface area contributed by atoms with Gasteiger partial charge in [-0.05, 0) is 95.9 Å². The molecule has 3 fully saturated rings. The van der Waals surface area contributed by atoms with Crippen molar-refractivity contribution >= 4 is 23.5 Å². The first-order valence-corrected chi connectivity index (χ1v) is 21.8. The van der Waals surface area contributed by atoms with Gasteiger partial charge in [0.25, 0.3) is 0 Å². The Bertz CT molecular complexity index is 1340. The van der Waals surface area contributed by atoms with E-state index in [0.29, 0.717) is 28.1 Å². The van der Waals surface area contributed by atoms with E-state index in [1.807, 2.05) is 7.11 Å². The van der Waals surface area contributed by atoms with E-state index in [-0.39, 0.29) is 10.8 Å². The molecule has 1 unspecified atom stereocenters. The van der Waals surface area contributed by atoms with Crippen molar-refractivity contribution in [1.29, 1.82) is 0 Å². The number of thioether (sulfide) groups is 2. The van der Waals surface area contributed by atoms with E-state index in [4.69, 9.17) is 4.74 Å². The first kappa shape index (κ1) is 38.0. The van der Waals surface area contributed by atoms with Crippen LogP contribution in [0, 0.1) is 6.92 Å². The van der Waals surface area contributed by atoms with Crippen LogP contribution in [0.15, 0.2) is 18.2 Å². The van der Waals surface area contributed by atoms with Crippen LogP contribution in [0.3, 0.4) is 0 Å². The molecule has 4 heteroatoms. The number of benzene rings is 2. The molecule has 0 bridgehead atoms. The van der Waals surface area contributed by atoms with E-state index in [0.717, 1.165) is 11.5 Å². The first-order valence-electron chi connectivity index (χ1n) is 19.7.